The van der Waals surface area contributed by atoms with Gasteiger partial charge in [-0.1, -0.05) is 12.2 Å². The summed E-state index contributed by atoms with van der Waals surface area (Å²) in [7, 11) is 0. The summed E-state index contributed by atoms with van der Waals surface area (Å²) in [6.45, 7) is 0. The Morgan fingerprint density at radius 1 is 1.30 bits per heavy atom. The van der Waals surface area contributed by atoms with Gasteiger partial charge in [-0.25, -0.2) is 0 Å². The van der Waals surface area contributed by atoms with E-state index in [9.17, 15) is 12.0 Å². The Morgan fingerprint density at radius 3 is 1.90 bits per heavy atom. The third kappa shape index (κ3) is 4.40. The third-order valence-corrected chi connectivity index (χ3v) is 0.884. The summed E-state index contributed by atoms with van der Waals surface area (Å²) in [4.78, 5) is 9.78. The Bertz CT molecular complexity index is 133. The van der Waals surface area contributed by atoms with Crippen LogP contribution in [0.25, 0.3) is 0 Å². The normalized spacial score (nSPS) is 15.0. The molecule has 0 saturated heterocycles. The maximum atomic E-state index is 9.78. The van der Waals surface area contributed by atoms with Gasteiger partial charge in [0.05, 0.1) is 0 Å². The van der Waals surface area contributed by atoms with Crippen LogP contribution in [0.5, 0.6) is 0 Å². The first kappa shape index (κ1) is 9.52. The molecule has 0 radical (unpaired) electrons. The van der Waals surface area contributed by atoms with E-state index in [1.807, 2.05) is 18.4 Å². The van der Waals surface area contributed by atoms with Crippen LogP contribution in [0.15, 0.2) is 24.3 Å². The molecular weight excluding hydrogens is 185 g/mol. The van der Waals surface area contributed by atoms with Crippen LogP contribution >= 0.6 is 0 Å². The molecule has 1 aliphatic rings. The standard InChI is InChI=1S/C6H5O.Co.2FH/c7-5-6-3-1-2-4-6;;;/h1-4,6H;;2*1H/q-1;+3;;/p-2. The van der Waals surface area contributed by atoms with Crippen molar-refractivity contribution < 1.29 is 27.5 Å². The summed E-state index contributed by atoms with van der Waals surface area (Å²) in [6.07, 6.45) is 9.12. The molecule has 0 saturated carbocycles. The molecule has 0 fully saturated rings. The Labute approximate surface area is 64.7 Å². The molecule has 58 valence electrons. The van der Waals surface area contributed by atoms with Crippen LogP contribution < -0.4 is 0 Å². The van der Waals surface area contributed by atoms with Gasteiger partial charge in [0.15, 0.2) is 0 Å². The summed E-state index contributed by atoms with van der Waals surface area (Å²) in [6, 6.07) is 0. The number of rotatable bonds is 1. The van der Waals surface area contributed by atoms with Gasteiger partial charge in [-0.3, -0.25) is 6.29 Å². The summed E-state index contributed by atoms with van der Waals surface area (Å²) >= 11 is -1.56. The van der Waals surface area contributed by atoms with E-state index in [0.717, 1.165) is 0 Å². The molecule has 0 heterocycles. The van der Waals surface area contributed by atoms with Gasteiger partial charge in [0.1, 0.15) is 0 Å². The fourth-order valence-electron chi connectivity index (χ4n) is 0.510. The topological polar surface area (TPSA) is 17.1 Å². The molecule has 4 heteroatoms. The number of allylic oxidation sites excluding steroid dienone is 4. The van der Waals surface area contributed by atoms with Gasteiger partial charge < -0.3 is 4.79 Å². The van der Waals surface area contributed by atoms with Crippen LogP contribution in [-0.4, -0.2) is 6.29 Å². The minimum absolute atomic E-state index is 0.0694. The van der Waals surface area contributed by atoms with Crippen molar-refractivity contribution in [2.24, 2.45) is 5.92 Å². The van der Waals surface area contributed by atoms with Crippen molar-refractivity contribution in [1.29, 1.82) is 0 Å². The van der Waals surface area contributed by atoms with Crippen LogP contribution in [0.4, 0.5) is 7.16 Å². The molecule has 1 rings (SSSR count). The van der Waals surface area contributed by atoms with E-state index in [0.29, 0.717) is 0 Å². The van der Waals surface area contributed by atoms with Crippen LogP contribution in [-0.2, 0) is 20.4 Å². The number of halogens is 2. The molecule has 0 aromatic carbocycles. The Hall–Kier alpha value is -0.484. The van der Waals surface area contributed by atoms with E-state index in [-0.39, 0.29) is 5.92 Å². The average Bonchev–Trinajstić information content (AvgIpc) is 2.39. The van der Waals surface area contributed by atoms with E-state index in [1.165, 1.54) is 0 Å². The van der Waals surface area contributed by atoms with Gasteiger partial charge in [0.2, 0.25) is 0 Å². The first-order chi connectivity index (χ1) is 4.85. The molecule has 0 aromatic heterocycles. The van der Waals surface area contributed by atoms with E-state index >= 15 is 0 Å². The van der Waals surface area contributed by atoms with Crippen LogP contribution in [0.1, 0.15) is 0 Å². The summed E-state index contributed by atoms with van der Waals surface area (Å²) in [5, 5.41) is 0. The van der Waals surface area contributed by atoms with Gasteiger partial charge >= 0.3 is 22.8 Å². The molecule has 0 amide bonds. The molecule has 0 N–H and O–H groups in total. The molecule has 0 bridgehead atoms. The van der Waals surface area contributed by atoms with Crippen molar-refractivity contribution in [3.63, 3.8) is 0 Å². The van der Waals surface area contributed by atoms with Gasteiger partial charge in [-0.15, -0.1) is 18.1 Å². The summed E-state index contributed by atoms with van der Waals surface area (Å²) in [5.74, 6) is -0.0694. The monoisotopic (exact) mass is 190 g/mol. The maximum absolute atomic E-state index is 9.78. The minimum atomic E-state index is -1.56. The second-order valence-electron chi connectivity index (χ2n) is 1.46. The van der Waals surface area contributed by atoms with E-state index < -0.39 is 15.6 Å². The average molecular weight is 190 g/mol. The van der Waals surface area contributed by atoms with E-state index in [1.54, 1.807) is 12.2 Å². The van der Waals surface area contributed by atoms with E-state index in [4.69, 9.17) is 0 Å². The first-order valence-electron chi connectivity index (χ1n) is 2.41. The zero-order valence-corrected chi connectivity index (χ0v) is 5.93. The van der Waals surface area contributed by atoms with Gasteiger partial charge in [-0.2, -0.15) is 0 Å². The van der Waals surface area contributed by atoms with E-state index in [2.05, 4.69) is 0 Å². The molecule has 0 aromatic rings. The first-order valence-corrected chi connectivity index (χ1v) is 3.20. The molecule has 0 spiro atoms. The Morgan fingerprint density at radius 2 is 1.70 bits per heavy atom. The Kier molecular flexibility index (Phi) is 6.31. The Balaban J connectivity index is 0.000000236. The molecule has 0 atom stereocenters. The number of carbonyl (C=O) groups excluding carboxylic acids is 1. The van der Waals surface area contributed by atoms with Crippen LogP contribution in [0.2, 0.25) is 0 Å². The van der Waals surface area contributed by atoms with Crippen LogP contribution in [0.3, 0.4) is 0 Å². The molecule has 1 nitrogen and oxygen atoms in total. The third-order valence-electron chi connectivity index (χ3n) is 0.884. The molecule has 0 aliphatic heterocycles. The van der Waals surface area contributed by atoms with Crippen molar-refractivity contribution in [1.82, 2.24) is 0 Å². The fourth-order valence-corrected chi connectivity index (χ4v) is 0.510. The van der Waals surface area contributed by atoms with Gasteiger partial charge in [0.25, 0.3) is 0 Å². The zero-order valence-electron chi connectivity index (χ0n) is 4.88. The number of hydrogen-bond donors (Lipinski definition) is 0. The predicted octanol–water partition coefficient (Wildman–Crippen LogP) is 1.68. The van der Waals surface area contributed by atoms with Gasteiger partial charge in [-0.05, 0) is 0 Å². The predicted molar refractivity (Wildman–Crippen MR) is 29.7 cm³/mol. The fraction of sp³-hybridized carbons (Fsp3) is 0.167. The van der Waals surface area contributed by atoms with Crippen molar-refractivity contribution >= 4 is 6.29 Å². The van der Waals surface area contributed by atoms with Gasteiger partial charge in [0, 0.05) is 0 Å². The quantitative estimate of drug-likeness (QED) is 0.575. The summed E-state index contributed by atoms with van der Waals surface area (Å²) < 4.78 is 19.2. The van der Waals surface area contributed by atoms with Crippen molar-refractivity contribution in [3.05, 3.63) is 24.3 Å². The van der Waals surface area contributed by atoms with Crippen molar-refractivity contribution in [2.75, 3.05) is 0 Å². The SMILES string of the molecule is O=[C-]C1C=CC=C1.[F][Co+][F]. The molecule has 10 heavy (non-hydrogen) atoms. The second-order valence-corrected chi connectivity index (χ2v) is 1.61. The second kappa shape index (κ2) is 6.63. The zero-order chi connectivity index (χ0) is 7.82. The van der Waals surface area contributed by atoms with Crippen LogP contribution in [0, 0.1) is 5.92 Å². The number of hydrogen-bond acceptors (Lipinski definition) is 1. The summed E-state index contributed by atoms with van der Waals surface area (Å²) in [5.41, 5.74) is 0. The van der Waals surface area contributed by atoms with Crippen molar-refractivity contribution in [2.45, 2.75) is 0 Å². The molecule has 1 aliphatic carbocycles. The van der Waals surface area contributed by atoms with Crippen molar-refractivity contribution in [3.8, 4) is 0 Å². The molecular formula is C6H5CoF2O. The molecule has 0 unspecified atom stereocenters.